The molecule has 1 heterocycles. The lowest BCUT2D eigenvalue weighted by Gasteiger charge is -2.18. The predicted octanol–water partition coefficient (Wildman–Crippen LogP) is 3.25. The van der Waals surface area contributed by atoms with Gasteiger partial charge in [-0.25, -0.2) is 0 Å². The highest BCUT2D eigenvalue weighted by atomic mass is 35.5. The Labute approximate surface area is 137 Å². The second-order valence-electron chi connectivity index (χ2n) is 5.27. The van der Waals surface area contributed by atoms with Crippen LogP contribution in [0.2, 0.25) is 5.02 Å². The Hall–Kier alpha value is -2.60. The third-order valence-electron chi connectivity index (χ3n) is 3.74. The van der Waals surface area contributed by atoms with Gasteiger partial charge in [0.15, 0.2) is 0 Å². The summed E-state index contributed by atoms with van der Waals surface area (Å²) in [5, 5.41) is 13.6. The highest BCUT2D eigenvalue weighted by molar-refractivity contribution is 6.32. The second kappa shape index (κ2) is 6.26. The number of nitro benzene ring substituents is 1. The van der Waals surface area contributed by atoms with E-state index in [1.165, 1.54) is 17.7 Å². The molecule has 3 rings (SSSR count). The molecule has 0 aliphatic carbocycles. The fourth-order valence-electron chi connectivity index (χ4n) is 2.68. The molecule has 2 aromatic carbocycles. The van der Waals surface area contributed by atoms with Gasteiger partial charge in [-0.05, 0) is 30.2 Å². The van der Waals surface area contributed by atoms with Gasteiger partial charge in [0.25, 0.3) is 5.69 Å². The van der Waals surface area contributed by atoms with Crippen LogP contribution < -0.4 is 10.2 Å². The van der Waals surface area contributed by atoms with Crippen LogP contribution in [0.3, 0.4) is 0 Å². The van der Waals surface area contributed by atoms with Gasteiger partial charge in [0.2, 0.25) is 5.91 Å². The Morgan fingerprint density at radius 1 is 1.30 bits per heavy atom. The van der Waals surface area contributed by atoms with E-state index in [0.717, 1.165) is 18.7 Å². The molecule has 0 saturated heterocycles. The lowest BCUT2D eigenvalue weighted by atomic mass is 10.2. The van der Waals surface area contributed by atoms with Gasteiger partial charge < -0.3 is 10.2 Å². The van der Waals surface area contributed by atoms with Crippen molar-refractivity contribution in [2.24, 2.45) is 0 Å². The molecule has 0 atom stereocenters. The zero-order chi connectivity index (χ0) is 16.4. The maximum Gasteiger partial charge on any atom is 0.289 e. The van der Waals surface area contributed by atoms with E-state index in [0.29, 0.717) is 5.69 Å². The van der Waals surface area contributed by atoms with Crippen molar-refractivity contribution in [2.75, 3.05) is 23.3 Å². The molecular formula is C16H14ClN3O3. The number of amides is 1. The summed E-state index contributed by atoms with van der Waals surface area (Å²) in [5.41, 5.74) is 2.42. The first-order chi connectivity index (χ1) is 11.0. The Kier molecular flexibility index (Phi) is 4.16. The maximum absolute atomic E-state index is 12.2. The summed E-state index contributed by atoms with van der Waals surface area (Å²) < 4.78 is 0. The second-order valence-corrected chi connectivity index (χ2v) is 5.68. The van der Waals surface area contributed by atoms with E-state index in [4.69, 9.17) is 11.6 Å². The normalized spacial score (nSPS) is 12.8. The number of hydrogen-bond acceptors (Lipinski definition) is 4. The number of nitro groups is 1. The van der Waals surface area contributed by atoms with Crippen LogP contribution in [-0.2, 0) is 11.2 Å². The zero-order valence-corrected chi connectivity index (χ0v) is 12.9. The number of nitrogens with zero attached hydrogens (tertiary/aromatic N) is 2. The van der Waals surface area contributed by atoms with Crippen molar-refractivity contribution in [3.63, 3.8) is 0 Å². The molecule has 0 saturated carbocycles. The summed E-state index contributed by atoms with van der Waals surface area (Å²) in [6.45, 7) is 0.987. The monoisotopic (exact) mass is 331 g/mol. The quantitative estimate of drug-likeness (QED) is 0.689. The summed E-state index contributed by atoms with van der Waals surface area (Å²) >= 11 is 5.76. The molecule has 0 fully saturated rings. The molecule has 0 radical (unpaired) electrons. The molecule has 0 unspecified atom stereocenters. The number of carbonyl (C=O) groups excluding carboxylic acids is 1. The van der Waals surface area contributed by atoms with Crippen LogP contribution in [0, 0.1) is 10.1 Å². The maximum atomic E-state index is 12.2. The van der Waals surface area contributed by atoms with Crippen molar-refractivity contribution in [3.05, 3.63) is 63.2 Å². The molecule has 6 nitrogen and oxygen atoms in total. The SMILES string of the molecule is O=C(CN1CCc2ccccc21)Nc1ccc(Cl)c([N+](=O)[O-])c1. The Balaban J connectivity index is 1.69. The van der Waals surface area contributed by atoms with Crippen molar-refractivity contribution < 1.29 is 9.72 Å². The van der Waals surface area contributed by atoms with Crippen molar-refractivity contribution in [1.82, 2.24) is 0 Å². The van der Waals surface area contributed by atoms with E-state index in [-0.39, 0.29) is 23.2 Å². The van der Waals surface area contributed by atoms with Gasteiger partial charge in [0.1, 0.15) is 5.02 Å². The Bertz CT molecular complexity index is 779. The number of hydrogen-bond donors (Lipinski definition) is 1. The highest BCUT2D eigenvalue weighted by Crippen LogP contribution is 2.28. The summed E-state index contributed by atoms with van der Waals surface area (Å²) in [4.78, 5) is 24.5. The van der Waals surface area contributed by atoms with E-state index in [2.05, 4.69) is 11.4 Å². The van der Waals surface area contributed by atoms with Crippen molar-refractivity contribution >= 4 is 34.6 Å². The molecule has 2 aromatic rings. The standard InChI is InChI=1S/C16H14ClN3O3/c17-13-6-5-12(9-15(13)20(22)23)18-16(21)10-19-8-7-11-3-1-2-4-14(11)19/h1-6,9H,7-8,10H2,(H,18,21). The first-order valence-corrected chi connectivity index (χ1v) is 7.49. The topological polar surface area (TPSA) is 75.5 Å². The average molecular weight is 332 g/mol. The number of benzene rings is 2. The smallest absolute Gasteiger partial charge is 0.289 e. The third kappa shape index (κ3) is 3.27. The highest BCUT2D eigenvalue weighted by Gasteiger charge is 2.21. The van der Waals surface area contributed by atoms with E-state index < -0.39 is 4.92 Å². The summed E-state index contributed by atoms with van der Waals surface area (Å²) in [6, 6.07) is 12.2. The molecule has 0 aromatic heterocycles. The number of nitrogens with one attached hydrogen (secondary N) is 1. The summed E-state index contributed by atoms with van der Waals surface area (Å²) in [7, 11) is 0. The molecular weight excluding hydrogens is 318 g/mol. The minimum atomic E-state index is -0.575. The molecule has 0 bridgehead atoms. The number of halogens is 1. The van der Waals surface area contributed by atoms with Gasteiger partial charge in [-0.3, -0.25) is 14.9 Å². The molecule has 118 valence electrons. The van der Waals surface area contributed by atoms with Crippen LogP contribution in [0.25, 0.3) is 0 Å². The molecule has 0 spiro atoms. The van der Waals surface area contributed by atoms with Gasteiger partial charge in [0.05, 0.1) is 11.5 Å². The zero-order valence-electron chi connectivity index (χ0n) is 12.2. The minimum Gasteiger partial charge on any atom is -0.362 e. The van der Waals surface area contributed by atoms with Gasteiger partial charge in [-0.15, -0.1) is 0 Å². The summed E-state index contributed by atoms with van der Waals surface area (Å²) in [5.74, 6) is -0.224. The van der Waals surface area contributed by atoms with Crippen LogP contribution in [-0.4, -0.2) is 23.9 Å². The lowest BCUT2D eigenvalue weighted by molar-refractivity contribution is -0.384. The molecule has 7 heteroatoms. The van der Waals surface area contributed by atoms with Gasteiger partial charge >= 0.3 is 0 Å². The van der Waals surface area contributed by atoms with Gasteiger partial charge in [-0.2, -0.15) is 0 Å². The van der Waals surface area contributed by atoms with E-state index >= 15 is 0 Å². The van der Waals surface area contributed by atoms with Crippen LogP contribution in [0.4, 0.5) is 17.1 Å². The minimum absolute atomic E-state index is 0.0430. The summed E-state index contributed by atoms with van der Waals surface area (Å²) in [6.07, 6.45) is 0.913. The van der Waals surface area contributed by atoms with Crippen LogP contribution >= 0.6 is 11.6 Å². The van der Waals surface area contributed by atoms with E-state index in [9.17, 15) is 14.9 Å². The number of fused-ring (bicyclic) bond motifs is 1. The molecule has 1 aliphatic heterocycles. The van der Waals surface area contributed by atoms with Gasteiger partial charge in [-0.1, -0.05) is 29.8 Å². The van der Waals surface area contributed by atoms with Crippen LogP contribution in [0.15, 0.2) is 42.5 Å². The lowest BCUT2D eigenvalue weighted by Crippen LogP contribution is -2.31. The first kappa shape index (κ1) is 15.3. The van der Waals surface area contributed by atoms with Crippen LogP contribution in [0.5, 0.6) is 0 Å². The Morgan fingerprint density at radius 2 is 2.09 bits per heavy atom. The number of carbonyl (C=O) groups is 1. The molecule has 23 heavy (non-hydrogen) atoms. The number of rotatable bonds is 4. The number of para-hydroxylation sites is 1. The molecule has 1 N–H and O–H groups in total. The van der Waals surface area contributed by atoms with E-state index in [1.54, 1.807) is 6.07 Å². The fourth-order valence-corrected chi connectivity index (χ4v) is 2.86. The number of anilines is 2. The largest absolute Gasteiger partial charge is 0.362 e. The van der Waals surface area contributed by atoms with Crippen LogP contribution in [0.1, 0.15) is 5.56 Å². The van der Waals surface area contributed by atoms with Crippen molar-refractivity contribution in [2.45, 2.75) is 6.42 Å². The Morgan fingerprint density at radius 3 is 2.87 bits per heavy atom. The van der Waals surface area contributed by atoms with Crippen molar-refractivity contribution in [3.8, 4) is 0 Å². The van der Waals surface area contributed by atoms with E-state index in [1.807, 2.05) is 23.1 Å². The average Bonchev–Trinajstić information content (AvgIpc) is 2.92. The molecule has 1 aliphatic rings. The fraction of sp³-hybridized carbons (Fsp3) is 0.188. The van der Waals surface area contributed by atoms with Crippen molar-refractivity contribution in [1.29, 1.82) is 0 Å². The third-order valence-corrected chi connectivity index (χ3v) is 4.06. The molecule has 1 amide bonds. The first-order valence-electron chi connectivity index (χ1n) is 7.11. The van der Waals surface area contributed by atoms with Gasteiger partial charge in [0, 0.05) is 24.0 Å². The predicted molar refractivity (Wildman–Crippen MR) is 89.1 cm³/mol.